The van der Waals surface area contributed by atoms with Crippen molar-refractivity contribution in [1.82, 2.24) is 9.88 Å². The Balaban J connectivity index is 2.56. The van der Waals surface area contributed by atoms with Crippen LogP contribution >= 0.6 is 0 Å². The van der Waals surface area contributed by atoms with E-state index < -0.39 is 6.10 Å². The summed E-state index contributed by atoms with van der Waals surface area (Å²) in [5.74, 6) is -0.0186. The Kier molecular flexibility index (Phi) is 4.37. The molecule has 0 aliphatic carbocycles. The number of aliphatic hydroxyl groups is 1. The molecule has 1 amide bonds. The van der Waals surface area contributed by atoms with E-state index in [2.05, 4.69) is 5.32 Å². The SMILES string of the molecule is CCCNC(=O)Cn1cccc1C(C)O. The molecule has 0 aliphatic rings. The maximum absolute atomic E-state index is 11.4. The van der Waals surface area contributed by atoms with Gasteiger partial charge < -0.3 is 15.0 Å². The van der Waals surface area contributed by atoms with Gasteiger partial charge in [0.25, 0.3) is 0 Å². The fourth-order valence-electron chi connectivity index (χ4n) is 1.43. The molecule has 0 fully saturated rings. The average Bonchev–Trinajstić information content (AvgIpc) is 2.62. The second-order valence-corrected chi connectivity index (χ2v) is 3.59. The highest BCUT2D eigenvalue weighted by molar-refractivity contribution is 5.75. The molecule has 1 heterocycles. The molecule has 0 aromatic carbocycles. The number of hydrogen-bond donors (Lipinski definition) is 2. The molecular formula is C11H18N2O2. The predicted octanol–water partition coefficient (Wildman–Crippen LogP) is 1.07. The summed E-state index contributed by atoms with van der Waals surface area (Å²) in [6.45, 7) is 4.67. The first-order chi connectivity index (χ1) is 7.15. The first-order valence-electron chi connectivity index (χ1n) is 5.25. The summed E-state index contributed by atoms with van der Waals surface area (Å²) in [7, 11) is 0. The summed E-state index contributed by atoms with van der Waals surface area (Å²) >= 11 is 0. The van der Waals surface area contributed by atoms with Crippen LogP contribution in [0, 0.1) is 0 Å². The Labute approximate surface area is 89.9 Å². The van der Waals surface area contributed by atoms with Gasteiger partial charge >= 0.3 is 0 Å². The summed E-state index contributed by atoms with van der Waals surface area (Å²) in [5.41, 5.74) is 0.765. The lowest BCUT2D eigenvalue weighted by Gasteiger charge is -2.11. The largest absolute Gasteiger partial charge is 0.387 e. The zero-order valence-corrected chi connectivity index (χ0v) is 9.23. The molecule has 15 heavy (non-hydrogen) atoms. The van der Waals surface area contributed by atoms with Gasteiger partial charge in [-0.25, -0.2) is 0 Å². The molecule has 84 valence electrons. The van der Waals surface area contributed by atoms with Crippen molar-refractivity contribution in [2.75, 3.05) is 6.54 Å². The lowest BCUT2D eigenvalue weighted by atomic mass is 10.3. The fraction of sp³-hybridized carbons (Fsp3) is 0.545. The van der Waals surface area contributed by atoms with Crippen molar-refractivity contribution in [1.29, 1.82) is 0 Å². The van der Waals surface area contributed by atoms with Crippen molar-refractivity contribution in [3.8, 4) is 0 Å². The molecule has 0 bridgehead atoms. The van der Waals surface area contributed by atoms with Crippen LogP contribution in [0.15, 0.2) is 18.3 Å². The highest BCUT2D eigenvalue weighted by Crippen LogP contribution is 2.12. The summed E-state index contributed by atoms with van der Waals surface area (Å²) in [6, 6.07) is 3.65. The number of carbonyl (C=O) groups is 1. The van der Waals surface area contributed by atoms with Crippen molar-refractivity contribution >= 4 is 5.91 Å². The quantitative estimate of drug-likeness (QED) is 0.763. The van der Waals surface area contributed by atoms with Crippen LogP contribution in [0.5, 0.6) is 0 Å². The first-order valence-corrected chi connectivity index (χ1v) is 5.25. The summed E-state index contributed by atoms with van der Waals surface area (Å²) < 4.78 is 1.76. The van der Waals surface area contributed by atoms with E-state index in [0.717, 1.165) is 12.1 Å². The van der Waals surface area contributed by atoms with Crippen LogP contribution in [0.4, 0.5) is 0 Å². The van der Waals surface area contributed by atoms with Crippen LogP contribution in [0.2, 0.25) is 0 Å². The van der Waals surface area contributed by atoms with Gasteiger partial charge in [0.1, 0.15) is 6.54 Å². The van der Waals surface area contributed by atoms with Gasteiger partial charge in [-0.15, -0.1) is 0 Å². The fourth-order valence-corrected chi connectivity index (χ4v) is 1.43. The zero-order valence-electron chi connectivity index (χ0n) is 9.23. The summed E-state index contributed by atoms with van der Waals surface area (Å²) in [6.07, 6.45) is 2.19. The highest BCUT2D eigenvalue weighted by atomic mass is 16.3. The Bertz CT molecular complexity index is 318. The van der Waals surface area contributed by atoms with Gasteiger partial charge in [-0.1, -0.05) is 6.92 Å². The molecule has 0 saturated heterocycles. The van der Waals surface area contributed by atoms with E-state index in [1.54, 1.807) is 17.7 Å². The molecule has 1 unspecified atom stereocenters. The summed E-state index contributed by atoms with van der Waals surface area (Å²) in [5, 5.41) is 12.2. The molecule has 1 atom stereocenters. The van der Waals surface area contributed by atoms with E-state index in [-0.39, 0.29) is 12.5 Å². The van der Waals surface area contributed by atoms with Gasteiger partial charge in [-0.2, -0.15) is 0 Å². The maximum Gasteiger partial charge on any atom is 0.239 e. The van der Waals surface area contributed by atoms with Gasteiger partial charge in [-0.05, 0) is 25.5 Å². The lowest BCUT2D eigenvalue weighted by Crippen LogP contribution is -2.28. The van der Waals surface area contributed by atoms with Gasteiger partial charge in [0.05, 0.1) is 6.10 Å². The smallest absolute Gasteiger partial charge is 0.239 e. The second-order valence-electron chi connectivity index (χ2n) is 3.59. The molecular weight excluding hydrogens is 192 g/mol. The molecule has 0 radical (unpaired) electrons. The third kappa shape index (κ3) is 3.40. The second kappa shape index (κ2) is 5.56. The van der Waals surface area contributed by atoms with E-state index in [4.69, 9.17) is 0 Å². The Hall–Kier alpha value is -1.29. The number of carbonyl (C=O) groups excluding carboxylic acids is 1. The molecule has 1 aromatic rings. The van der Waals surface area contributed by atoms with E-state index in [1.807, 2.05) is 19.1 Å². The molecule has 4 heteroatoms. The van der Waals surface area contributed by atoms with E-state index in [0.29, 0.717) is 6.54 Å². The Morgan fingerprint density at radius 2 is 2.40 bits per heavy atom. The third-order valence-electron chi connectivity index (χ3n) is 2.18. The Morgan fingerprint density at radius 3 is 3.00 bits per heavy atom. The Morgan fingerprint density at radius 1 is 1.67 bits per heavy atom. The standard InChI is InChI=1S/C11H18N2O2/c1-3-6-12-11(15)8-13-7-4-5-10(13)9(2)14/h4-5,7,9,14H,3,6,8H2,1-2H3,(H,12,15). The predicted molar refractivity (Wildman–Crippen MR) is 58.4 cm³/mol. The first kappa shape index (κ1) is 11.8. The van der Waals surface area contributed by atoms with Crippen molar-refractivity contribution < 1.29 is 9.90 Å². The van der Waals surface area contributed by atoms with Crippen molar-refractivity contribution in [2.24, 2.45) is 0 Å². The van der Waals surface area contributed by atoms with Crippen molar-refractivity contribution in [3.63, 3.8) is 0 Å². The molecule has 0 spiro atoms. The van der Waals surface area contributed by atoms with Gasteiger partial charge in [0.15, 0.2) is 0 Å². The molecule has 1 aromatic heterocycles. The van der Waals surface area contributed by atoms with Crippen molar-refractivity contribution in [3.05, 3.63) is 24.0 Å². The van der Waals surface area contributed by atoms with Crippen LogP contribution in [0.3, 0.4) is 0 Å². The van der Waals surface area contributed by atoms with E-state index in [9.17, 15) is 9.90 Å². The van der Waals surface area contributed by atoms with Gasteiger partial charge in [0.2, 0.25) is 5.91 Å². The number of hydrogen-bond acceptors (Lipinski definition) is 2. The highest BCUT2D eigenvalue weighted by Gasteiger charge is 2.09. The molecule has 4 nitrogen and oxygen atoms in total. The normalized spacial score (nSPS) is 12.5. The zero-order chi connectivity index (χ0) is 11.3. The average molecular weight is 210 g/mol. The molecule has 0 aliphatic heterocycles. The van der Waals surface area contributed by atoms with Crippen LogP contribution in [0.25, 0.3) is 0 Å². The third-order valence-corrected chi connectivity index (χ3v) is 2.18. The van der Waals surface area contributed by atoms with E-state index in [1.165, 1.54) is 0 Å². The number of rotatable bonds is 5. The minimum absolute atomic E-state index is 0.0186. The van der Waals surface area contributed by atoms with Gasteiger partial charge in [-0.3, -0.25) is 4.79 Å². The monoisotopic (exact) mass is 210 g/mol. The van der Waals surface area contributed by atoms with Crippen LogP contribution in [0.1, 0.15) is 32.1 Å². The molecule has 0 saturated carbocycles. The van der Waals surface area contributed by atoms with Crippen molar-refractivity contribution in [2.45, 2.75) is 32.9 Å². The number of amides is 1. The summed E-state index contributed by atoms with van der Waals surface area (Å²) in [4.78, 5) is 11.4. The maximum atomic E-state index is 11.4. The minimum atomic E-state index is -0.543. The number of aliphatic hydroxyl groups excluding tert-OH is 1. The number of aromatic nitrogens is 1. The molecule has 2 N–H and O–H groups in total. The lowest BCUT2D eigenvalue weighted by molar-refractivity contribution is -0.121. The van der Waals surface area contributed by atoms with Crippen LogP contribution < -0.4 is 5.32 Å². The van der Waals surface area contributed by atoms with E-state index >= 15 is 0 Å². The number of nitrogens with zero attached hydrogens (tertiary/aromatic N) is 1. The minimum Gasteiger partial charge on any atom is -0.387 e. The van der Waals surface area contributed by atoms with Crippen LogP contribution in [-0.4, -0.2) is 22.1 Å². The van der Waals surface area contributed by atoms with Gasteiger partial charge in [0, 0.05) is 18.4 Å². The number of nitrogens with one attached hydrogen (secondary N) is 1. The van der Waals surface area contributed by atoms with Crippen LogP contribution in [-0.2, 0) is 11.3 Å². The molecule has 1 rings (SSSR count). The topological polar surface area (TPSA) is 54.3 Å².